The number of aromatic nitrogens is 12. The van der Waals surface area contributed by atoms with Gasteiger partial charge >= 0.3 is 17.1 Å². The highest BCUT2D eigenvalue weighted by Crippen LogP contribution is 2.42. The molecule has 12 heterocycles. The lowest BCUT2D eigenvalue weighted by Crippen LogP contribution is -2.59. The SMILES string of the molecule is C#Cc1cccc(-c2nc3c(cc2Cl)c(N2CC(C)N(C(=O)C=C)CC2C)nc(=O)n3-c2c(C)ccnc2C(C)C)c1.C=CC(=O)N1CC(C)N(c2nc(=O)n(-c3c(C)ccnc3C(C)C)c3nc(-c4cccc(C#CC)c4)c(Cl)cc23)CC1C.C=CC(=O)N1CCN(c2nc(=O)n(-c3c(C)ccnc3C(C)C)c3nc(-c4c(O)cccc4F)c(F)cc23)[C@H](C)[C@H]1C. The summed E-state index contributed by atoms with van der Waals surface area (Å²) in [7, 11) is 0. The van der Waals surface area contributed by atoms with Crippen LogP contribution in [0.5, 0.6) is 5.75 Å². The Labute approximate surface area is 745 Å². The molecule has 4 unspecified atom stereocenters. The number of piperazine rings is 3. The number of terminal acetylenes is 1. The largest absolute Gasteiger partial charge is 0.507 e. The van der Waals surface area contributed by atoms with Gasteiger partial charge in [-0.2, -0.15) is 15.0 Å². The molecular weight excluding hydrogens is 1650 g/mol. The van der Waals surface area contributed by atoms with Crippen molar-refractivity contribution in [3.63, 3.8) is 0 Å². The molecule has 3 aromatic carbocycles. The van der Waals surface area contributed by atoms with Crippen molar-refractivity contribution in [1.29, 1.82) is 0 Å². The minimum atomic E-state index is -0.899. The molecule has 0 saturated carbocycles. The van der Waals surface area contributed by atoms with E-state index < -0.39 is 45.7 Å². The van der Waals surface area contributed by atoms with E-state index >= 15 is 4.39 Å². The molecule has 29 heteroatoms. The van der Waals surface area contributed by atoms with E-state index in [4.69, 9.17) is 39.6 Å². The summed E-state index contributed by atoms with van der Waals surface area (Å²) in [4.78, 5) is 133. The lowest BCUT2D eigenvalue weighted by atomic mass is 10.0. The maximum atomic E-state index is 15.9. The monoisotopic (exact) mass is 1750 g/mol. The van der Waals surface area contributed by atoms with Crippen LogP contribution in [0.4, 0.5) is 26.2 Å². The maximum absolute atomic E-state index is 15.9. The molecule has 25 nitrogen and oxygen atoms in total. The number of anilines is 3. The van der Waals surface area contributed by atoms with E-state index in [1.807, 2.05) is 182 Å². The lowest BCUT2D eigenvalue weighted by molar-refractivity contribution is -0.129. The molecule has 15 rings (SSSR count). The number of halogens is 4. The van der Waals surface area contributed by atoms with Crippen LogP contribution in [0.25, 0.3) is 83.9 Å². The van der Waals surface area contributed by atoms with Crippen LogP contribution in [-0.2, 0) is 14.4 Å². The van der Waals surface area contributed by atoms with Crippen LogP contribution in [0, 0.1) is 56.6 Å². The molecule has 652 valence electrons. The Kier molecular flexibility index (Phi) is 27.0. The van der Waals surface area contributed by atoms with Gasteiger partial charge in [-0.1, -0.05) is 127 Å². The Morgan fingerprint density at radius 2 is 0.866 bits per heavy atom. The quantitative estimate of drug-likeness (QED) is 0.0737. The van der Waals surface area contributed by atoms with Gasteiger partial charge < -0.3 is 34.5 Å². The Balaban J connectivity index is 0.000000163. The molecule has 0 radical (unpaired) electrons. The highest BCUT2D eigenvalue weighted by atomic mass is 35.5. The average Bonchev–Trinajstić information content (AvgIpc) is 0.740. The van der Waals surface area contributed by atoms with Crippen molar-refractivity contribution in [2.24, 2.45) is 0 Å². The summed E-state index contributed by atoms with van der Waals surface area (Å²) in [6, 6.07) is 28.0. The van der Waals surface area contributed by atoms with Gasteiger partial charge in [-0.3, -0.25) is 29.3 Å². The second-order valence-electron chi connectivity index (χ2n) is 33.1. The third kappa shape index (κ3) is 17.7. The van der Waals surface area contributed by atoms with Gasteiger partial charge in [0.2, 0.25) is 17.7 Å². The standard InChI is InChI=1S/C34H35ClN6O2.C33H33ClN6O2.C31H32F2N6O3/c1-8-11-24-12-10-13-25(16-24)30-27(35)17-26-32(40-19-22(6)39(18-23(40)7)28(42)9-2)38-34(43)41(33(26)37-30)31-21(5)14-15-36-29(31)20(3)4;1-8-23-11-10-12-24(15-23)29-26(34)16-25-31(39-18-21(6)38(17-22(39)7)27(41)9-2)37-33(42)40(32(25)36-29)30-20(5)13-14-35-28(30)19(3)4;1-7-24(41)37-13-14-38(19(6)18(37)5)29-20-15-22(33)27(25-21(32)9-8-10-23(25)40)35-30(20)39(31(42)36-29)28-17(4)11-12-34-26(28)16(2)3/h9-10,12-17,20,22-23H,2,18-19H2,1,3-7H3;1,9-16,19,21-22H,2,17-18H2,3-7H3;7-12,15-16,18-19,40H,1,13-14H2,2-6H3/t;;18-,19-/m..1/s1. The number of carbonyl (C=O) groups excluding carboxylic acids is 3. The predicted molar refractivity (Wildman–Crippen MR) is 498 cm³/mol. The number of hydrogen-bond donors (Lipinski definition) is 1. The predicted octanol–water partition coefficient (Wildman–Crippen LogP) is 16.3. The van der Waals surface area contributed by atoms with Crippen LogP contribution in [0.2, 0.25) is 10.0 Å². The molecular formula is C98H100Cl2F2N18O7. The normalized spacial score (nSPS) is 17.0. The highest BCUT2D eigenvalue weighted by molar-refractivity contribution is 6.34. The van der Waals surface area contributed by atoms with Crippen molar-refractivity contribution in [1.82, 2.24) is 73.3 Å². The van der Waals surface area contributed by atoms with Crippen molar-refractivity contribution in [2.75, 3.05) is 54.0 Å². The third-order valence-corrected chi connectivity index (χ3v) is 24.1. The molecule has 3 fully saturated rings. The van der Waals surface area contributed by atoms with Crippen molar-refractivity contribution >= 4 is 91.5 Å². The molecule has 3 aliphatic rings. The summed E-state index contributed by atoms with van der Waals surface area (Å²) in [5.41, 5.74) is 8.88. The van der Waals surface area contributed by atoms with E-state index in [1.54, 1.807) is 55.4 Å². The minimum absolute atomic E-state index is 0.0338. The number of aromatic hydroxyl groups is 1. The van der Waals surface area contributed by atoms with Crippen LogP contribution in [0.15, 0.2) is 174 Å². The molecule has 127 heavy (non-hydrogen) atoms. The van der Waals surface area contributed by atoms with Crippen molar-refractivity contribution in [3.8, 4) is 80.8 Å². The number of aryl methyl sites for hydroxylation is 3. The van der Waals surface area contributed by atoms with Gasteiger partial charge in [0.1, 0.15) is 34.7 Å². The summed E-state index contributed by atoms with van der Waals surface area (Å²) in [5, 5.41) is 12.8. The Hall–Kier alpha value is -13.6. The minimum Gasteiger partial charge on any atom is -0.507 e. The van der Waals surface area contributed by atoms with Crippen LogP contribution in [-0.4, -0.2) is 172 Å². The fourth-order valence-corrected chi connectivity index (χ4v) is 17.5. The number of rotatable bonds is 15. The van der Waals surface area contributed by atoms with Gasteiger partial charge in [-0.15, -0.1) is 12.3 Å². The summed E-state index contributed by atoms with van der Waals surface area (Å²) in [6.07, 6.45) is 14.7. The molecule has 0 bridgehead atoms. The summed E-state index contributed by atoms with van der Waals surface area (Å²) in [5.74, 6) is 7.12. The topological polar surface area (TPSA) is 273 Å². The zero-order chi connectivity index (χ0) is 91.7. The molecule has 3 amide bonds. The van der Waals surface area contributed by atoms with Crippen molar-refractivity contribution in [2.45, 2.75) is 165 Å². The van der Waals surface area contributed by atoms with E-state index in [0.29, 0.717) is 128 Å². The van der Waals surface area contributed by atoms with Crippen LogP contribution >= 0.6 is 23.2 Å². The van der Waals surface area contributed by atoms with E-state index in [9.17, 15) is 38.3 Å². The number of pyridine rings is 6. The fraction of sp³-hybridized carbons (Fsp3) is 0.316. The zero-order valence-electron chi connectivity index (χ0n) is 73.9. The number of nitrogens with zero attached hydrogens (tertiary/aromatic N) is 18. The summed E-state index contributed by atoms with van der Waals surface area (Å²) in [6.45, 7) is 44.7. The van der Waals surface area contributed by atoms with Gasteiger partial charge in [0.05, 0.1) is 77.3 Å². The van der Waals surface area contributed by atoms with Crippen LogP contribution in [0.3, 0.4) is 0 Å². The molecule has 3 aliphatic heterocycles. The molecule has 1 N–H and O–H groups in total. The van der Waals surface area contributed by atoms with E-state index in [1.165, 1.54) is 41.0 Å². The number of carbonyl (C=O) groups is 3. The maximum Gasteiger partial charge on any atom is 0.355 e. The number of phenolic OH excluding ortho intramolecular Hbond substituents is 1. The Morgan fingerprint density at radius 3 is 1.27 bits per heavy atom. The van der Waals surface area contributed by atoms with E-state index in [0.717, 1.165) is 45.3 Å². The first-order valence-corrected chi connectivity index (χ1v) is 42.8. The molecule has 6 atom stereocenters. The van der Waals surface area contributed by atoms with E-state index in [2.05, 4.69) is 82.2 Å². The Bertz CT molecular complexity index is 6730. The lowest BCUT2D eigenvalue weighted by Gasteiger charge is -2.45. The zero-order valence-corrected chi connectivity index (χ0v) is 75.4. The van der Waals surface area contributed by atoms with Gasteiger partial charge in [-0.25, -0.2) is 51.8 Å². The molecule has 0 aliphatic carbocycles. The van der Waals surface area contributed by atoms with Gasteiger partial charge in [-0.05, 0) is 195 Å². The molecule has 3 saturated heterocycles. The molecule has 0 spiro atoms. The number of fused-ring (bicyclic) bond motifs is 3. The first-order chi connectivity index (χ1) is 60.6. The average molecular weight is 1750 g/mol. The van der Waals surface area contributed by atoms with Crippen LogP contribution < -0.4 is 31.8 Å². The number of phenols is 1. The second-order valence-corrected chi connectivity index (χ2v) is 33.9. The van der Waals surface area contributed by atoms with Gasteiger partial charge in [0, 0.05) is 116 Å². The fourth-order valence-electron chi connectivity index (χ4n) is 17.0. The summed E-state index contributed by atoms with van der Waals surface area (Å²) < 4.78 is 35.2. The smallest absolute Gasteiger partial charge is 0.355 e. The first kappa shape index (κ1) is 91.1. The number of hydrogen-bond acceptors (Lipinski definition) is 19. The Morgan fingerprint density at radius 1 is 0.480 bits per heavy atom. The second kappa shape index (κ2) is 37.7. The van der Waals surface area contributed by atoms with Crippen molar-refractivity contribution < 1.29 is 28.3 Å². The first-order valence-electron chi connectivity index (χ1n) is 42.0. The van der Waals surface area contributed by atoms with Gasteiger partial charge in [0.25, 0.3) is 0 Å². The third-order valence-electron chi connectivity index (χ3n) is 23.5. The van der Waals surface area contributed by atoms with Crippen molar-refractivity contribution in [3.05, 3.63) is 258 Å². The highest BCUT2D eigenvalue weighted by Gasteiger charge is 2.39. The van der Waals surface area contributed by atoms with Gasteiger partial charge in [0.15, 0.2) is 22.8 Å². The van der Waals surface area contributed by atoms with Crippen LogP contribution in [0.1, 0.15) is 153 Å². The summed E-state index contributed by atoms with van der Waals surface area (Å²) >= 11 is 13.9. The number of amides is 3. The van der Waals surface area contributed by atoms with E-state index in [-0.39, 0.29) is 88.6 Å². The number of benzene rings is 3. The molecule has 12 aromatic rings. The molecule has 9 aromatic heterocycles.